The summed E-state index contributed by atoms with van der Waals surface area (Å²) in [5, 5.41) is 21.2. The molecule has 3 aromatic carbocycles. The second-order valence-corrected chi connectivity index (χ2v) is 22.0. The summed E-state index contributed by atoms with van der Waals surface area (Å²) in [7, 11) is -1.13. The molecule has 2 aromatic heterocycles. The summed E-state index contributed by atoms with van der Waals surface area (Å²) in [6.07, 6.45) is 6.24. The van der Waals surface area contributed by atoms with Gasteiger partial charge in [0.05, 0.1) is 40.6 Å². The van der Waals surface area contributed by atoms with Gasteiger partial charge in [-0.3, -0.25) is 29.5 Å². The number of aliphatic hydroxyl groups is 1. The van der Waals surface area contributed by atoms with E-state index in [1.807, 2.05) is 30.0 Å². The van der Waals surface area contributed by atoms with Crippen molar-refractivity contribution < 1.29 is 33.5 Å². The van der Waals surface area contributed by atoms with E-state index >= 15 is 0 Å². The number of aromatic nitrogens is 4. The van der Waals surface area contributed by atoms with Crippen LogP contribution < -0.4 is 40.5 Å². The SMILES string of the molecule is CCc1ncc2c(P(C)(C)=O)c(Nc3nc(Nc4cc(CC)c(N5CCC(N6CCN(C(=O)Cc7ccc8c(c7)OC(O)N8C7CCC(=O)NC7=O)CC6)CC5)cc4OC)ncc3Br)ccc2n1. The molecular formula is C48H57BrN11O7P. The van der Waals surface area contributed by atoms with Crippen molar-refractivity contribution in [2.45, 2.75) is 77.3 Å². The summed E-state index contributed by atoms with van der Waals surface area (Å²) in [4.78, 5) is 64.6. The number of methoxy groups -OCH3 is 1. The Morgan fingerprint density at radius 2 is 1.71 bits per heavy atom. The summed E-state index contributed by atoms with van der Waals surface area (Å²) in [6.45, 7) is 12.3. The highest BCUT2D eigenvalue weighted by Gasteiger charge is 2.41. The second kappa shape index (κ2) is 19.6. The zero-order valence-corrected chi connectivity index (χ0v) is 41.4. The number of nitrogens with zero attached hydrogens (tertiary/aromatic N) is 8. The third kappa shape index (κ3) is 9.71. The average Bonchev–Trinajstić information content (AvgIpc) is 3.66. The number of hydrogen-bond acceptors (Lipinski definition) is 16. The summed E-state index contributed by atoms with van der Waals surface area (Å²) in [6, 6.07) is 13.0. The quantitative estimate of drug-likeness (QED) is 0.0826. The number of ether oxygens (including phenoxy) is 2. The van der Waals surface area contributed by atoms with Crippen LogP contribution in [0.2, 0.25) is 0 Å². The van der Waals surface area contributed by atoms with Gasteiger partial charge in [-0.2, -0.15) is 4.98 Å². The van der Waals surface area contributed by atoms with Crippen LogP contribution in [0.4, 0.5) is 34.5 Å². The van der Waals surface area contributed by atoms with Crippen molar-refractivity contribution in [2.24, 2.45) is 0 Å². The number of halogens is 1. The zero-order valence-electron chi connectivity index (χ0n) is 38.9. The van der Waals surface area contributed by atoms with Crippen molar-refractivity contribution in [3.63, 3.8) is 0 Å². The van der Waals surface area contributed by atoms with Gasteiger partial charge in [-0.15, -0.1) is 0 Å². The average molecular weight is 1010 g/mol. The maximum absolute atomic E-state index is 13.7. The lowest BCUT2D eigenvalue weighted by Crippen LogP contribution is -2.55. The smallest absolute Gasteiger partial charge is 0.282 e. The Bertz CT molecular complexity index is 2810. The molecule has 0 bridgehead atoms. The lowest BCUT2D eigenvalue weighted by Gasteiger charge is -2.43. The molecule has 18 nitrogen and oxygen atoms in total. The van der Waals surface area contributed by atoms with Crippen molar-refractivity contribution >= 4 is 91.5 Å². The highest BCUT2D eigenvalue weighted by atomic mass is 79.9. The maximum Gasteiger partial charge on any atom is 0.282 e. The number of amides is 3. The van der Waals surface area contributed by atoms with E-state index in [-0.39, 0.29) is 31.1 Å². The number of nitrogens with one attached hydrogen (secondary N) is 3. The first kappa shape index (κ1) is 47.2. The zero-order chi connectivity index (χ0) is 47.9. The van der Waals surface area contributed by atoms with Crippen molar-refractivity contribution in [3.05, 3.63) is 76.3 Å². The molecular weight excluding hydrogens is 953 g/mol. The molecule has 3 fully saturated rings. The van der Waals surface area contributed by atoms with Crippen LogP contribution in [-0.4, -0.2) is 131 Å². The Morgan fingerprint density at radius 3 is 2.41 bits per heavy atom. The number of aryl methyl sites for hydroxylation is 2. The van der Waals surface area contributed by atoms with Gasteiger partial charge in [-0.25, -0.2) is 15.0 Å². The lowest BCUT2D eigenvalue weighted by molar-refractivity contribution is -0.135. The maximum atomic E-state index is 13.7. The van der Waals surface area contributed by atoms with E-state index in [1.54, 1.807) is 45.0 Å². The molecule has 9 rings (SSSR count). The van der Waals surface area contributed by atoms with Crippen LogP contribution >= 0.6 is 23.1 Å². The van der Waals surface area contributed by atoms with Crippen molar-refractivity contribution in [3.8, 4) is 11.5 Å². The molecule has 358 valence electrons. The van der Waals surface area contributed by atoms with Gasteiger partial charge in [0.15, 0.2) is 0 Å². The van der Waals surface area contributed by atoms with Gasteiger partial charge in [-0.1, -0.05) is 19.9 Å². The molecule has 0 spiro atoms. The number of rotatable bonds is 13. The van der Waals surface area contributed by atoms with E-state index in [1.165, 1.54) is 10.5 Å². The minimum absolute atomic E-state index is 0.0321. The molecule has 2 atom stereocenters. The highest BCUT2D eigenvalue weighted by molar-refractivity contribution is 9.10. The number of piperazine rings is 1. The molecule has 4 N–H and O–H groups in total. The normalized spacial score (nSPS) is 19.2. The predicted octanol–water partition coefficient (Wildman–Crippen LogP) is 5.69. The number of carbonyl (C=O) groups is 3. The van der Waals surface area contributed by atoms with Crippen LogP contribution in [0.3, 0.4) is 0 Å². The topological polar surface area (TPSA) is 208 Å². The van der Waals surface area contributed by atoms with Gasteiger partial charge in [0.1, 0.15) is 36.3 Å². The van der Waals surface area contributed by atoms with Gasteiger partial charge >= 0.3 is 0 Å². The van der Waals surface area contributed by atoms with Gasteiger partial charge in [0, 0.05) is 93.0 Å². The Balaban J connectivity index is 0.805. The largest absolute Gasteiger partial charge is 0.494 e. The molecule has 0 aliphatic carbocycles. The summed E-state index contributed by atoms with van der Waals surface area (Å²) < 4.78 is 26.0. The Hall–Kier alpha value is -5.88. The minimum atomic E-state index is -2.79. The predicted molar refractivity (Wildman–Crippen MR) is 265 cm³/mol. The number of carbonyl (C=O) groups excluding carboxylic acids is 3. The fourth-order valence-electron chi connectivity index (χ4n) is 9.83. The molecule has 68 heavy (non-hydrogen) atoms. The number of imide groups is 1. The van der Waals surface area contributed by atoms with Crippen LogP contribution in [0.25, 0.3) is 10.9 Å². The molecule has 6 heterocycles. The fraction of sp³-hybridized carbons (Fsp3) is 0.438. The van der Waals surface area contributed by atoms with Gasteiger partial charge in [-0.05, 0) is 96.4 Å². The van der Waals surface area contributed by atoms with Gasteiger partial charge < -0.3 is 39.6 Å². The molecule has 2 unspecified atom stereocenters. The Kier molecular flexibility index (Phi) is 13.6. The highest BCUT2D eigenvalue weighted by Crippen LogP contribution is 2.43. The van der Waals surface area contributed by atoms with Crippen molar-refractivity contribution in [1.29, 1.82) is 0 Å². The Labute approximate surface area is 403 Å². The lowest BCUT2D eigenvalue weighted by atomic mass is 9.99. The van der Waals surface area contributed by atoms with Crippen LogP contribution in [0.15, 0.2) is 59.3 Å². The molecule has 5 aromatic rings. The summed E-state index contributed by atoms with van der Waals surface area (Å²) >= 11 is 3.61. The third-order valence-corrected chi connectivity index (χ3v) is 15.5. The Morgan fingerprint density at radius 1 is 0.926 bits per heavy atom. The van der Waals surface area contributed by atoms with E-state index < -0.39 is 25.5 Å². The summed E-state index contributed by atoms with van der Waals surface area (Å²) in [5.74, 6) is 1.90. The van der Waals surface area contributed by atoms with Gasteiger partial charge in [0.25, 0.3) is 6.41 Å². The van der Waals surface area contributed by atoms with E-state index in [2.05, 4.69) is 75.7 Å². The molecule has 0 radical (unpaired) electrons. The molecule has 4 aliphatic heterocycles. The summed E-state index contributed by atoms with van der Waals surface area (Å²) in [5.41, 5.74) is 5.77. The van der Waals surface area contributed by atoms with Gasteiger partial charge in [0.2, 0.25) is 23.7 Å². The monoisotopic (exact) mass is 1010 g/mol. The van der Waals surface area contributed by atoms with Crippen LogP contribution in [0, 0.1) is 0 Å². The molecule has 3 amide bonds. The number of anilines is 6. The van der Waals surface area contributed by atoms with E-state index in [0.717, 1.165) is 79.1 Å². The minimum Gasteiger partial charge on any atom is -0.494 e. The number of aliphatic hydroxyl groups excluding tert-OH is 1. The first-order valence-corrected chi connectivity index (χ1v) is 26.6. The third-order valence-electron chi connectivity index (χ3n) is 13.3. The molecule has 20 heteroatoms. The van der Waals surface area contributed by atoms with E-state index in [0.29, 0.717) is 70.0 Å². The number of hydrogen-bond donors (Lipinski definition) is 4. The fourth-order valence-corrected chi connectivity index (χ4v) is 11.6. The van der Waals surface area contributed by atoms with E-state index in [9.17, 15) is 24.1 Å². The van der Waals surface area contributed by atoms with Crippen LogP contribution in [-0.2, 0) is 38.2 Å². The molecule has 0 saturated carbocycles. The van der Waals surface area contributed by atoms with Crippen molar-refractivity contribution in [1.82, 2.24) is 35.1 Å². The second-order valence-electron chi connectivity index (χ2n) is 18.0. The standard InChI is InChI=1S/C48H57BrN11O7P/c1-6-29-24-35(54-47-51-27-32(49)45(56-47)53-34-10-9-33-31(44(34)68(4,5)65)26-50-41(7-2)52-33)39(66-3)25-38(29)58-16-14-30(15-17-58)57-18-20-59(21-19-57)43(62)23-28-8-11-36-40(22-28)67-48(64)60(36)37-12-13-42(61)55-46(37)63/h8-11,22,24-27,30,37,48,64H,6-7,12-21,23H2,1-5H3,(H,55,61,63)(H2,51,53,54,56). The number of piperidine rings is 2. The first-order chi connectivity index (χ1) is 32.7. The van der Waals surface area contributed by atoms with E-state index in [4.69, 9.17) is 14.5 Å². The van der Waals surface area contributed by atoms with Crippen molar-refractivity contribution in [2.75, 3.05) is 80.1 Å². The molecule has 4 aliphatic rings. The number of benzene rings is 3. The molecule has 3 saturated heterocycles. The van der Waals surface area contributed by atoms with Crippen LogP contribution in [0.5, 0.6) is 11.5 Å². The number of fused-ring (bicyclic) bond motifs is 2. The first-order valence-electron chi connectivity index (χ1n) is 23.2. The van der Waals surface area contributed by atoms with Crippen LogP contribution in [0.1, 0.15) is 56.5 Å².